The summed E-state index contributed by atoms with van der Waals surface area (Å²) in [5.74, 6) is 0. The van der Waals surface area contributed by atoms with Crippen LogP contribution in [0.5, 0.6) is 0 Å². The summed E-state index contributed by atoms with van der Waals surface area (Å²) in [7, 11) is 0. The van der Waals surface area contributed by atoms with Crippen LogP contribution in [0.15, 0.2) is 30.8 Å². The molecule has 0 aromatic heterocycles. The van der Waals surface area contributed by atoms with Crippen LogP contribution in [0.1, 0.15) is 70.4 Å². The Labute approximate surface area is 141 Å². The minimum atomic E-state index is -1.74. The number of unbranched alkanes of at least 4 members (excludes halogenated alkanes) is 3. The SMILES string of the molecule is C=Cc1ccc([CH2][Ge]([CH2]CCC)([CH2]CCC)[CH2]CCC)cc1. The van der Waals surface area contributed by atoms with Gasteiger partial charge in [-0.15, -0.1) is 0 Å². The average molecular weight is 361 g/mol. The zero-order chi connectivity index (χ0) is 16.3. The minimum absolute atomic E-state index is 1.25. The molecule has 0 nitrogen and oxygen atoms in total. The Hall–Kier alpha value is -0.497. The van der Waals surface area contributed by atoms with E-state index in [-0.39, 0.29) is 0 Å². The third-order valence-corrected chi connectivity index (χ3v) is 16.3. The third-order valence-electron chi connectivity index (χ3n) is 4.98. The molecule has 0 saturated carbocycles. The molecule has 1 rings (SSSR count). The molecule has 0 heterocycles. The van der Waals surface area contributed by atoms with E-state index in [1.807, 2.05) is 6.08 Å². The molecular weight excluding hydrogens is 325 g/mol. The molecular formula is C21H36Ge. The summed E-state index contributed by atoms with van der Waals surface area (Å²) in [4.78, 5) is 0. The van der Waals surface area contributed by atoms with Gasteiger partial charge in [-0.3, -0.25) is 0 Å². The summed E-state index contributed by atoms with van der Waals surface area (Å²) in [6, 6.07) is 9.21. The van der Waals surface area contributed by atoms with Gasteiger partial charge in [0.15, 0.2) is 0 Å². The van der Waals surface area contributed by atoms with Gasteiger partial charge in [-0.05, 0) is 0 Å². The predicted octanol–water partition coefficient (Wildman–Crippen LogP) is 7.26. The van der Waals surface area contributed by atoms with Crippen molar-refractivity contribution in [3.8, 4) is 0 Å². The molecule has 0 aliphatic carbocycles. The number of hydrogen-bond donors (Lipinski definition) is 0. The molecule has 0 spiro atoms. The Balaban J connectivity index is 2.89. The molecule has 22 heavy (non-hydrogen) atoms. The molecule has 0 aliphatic rings. The Morgan fingerprint density at radius 2 is 1.27 bits per heavy atom. The van der Waals surface area contributed by atoms with Crippen LogP contribution in [0.4, 0.5) is 0 Å². The van der Waals surface area contributed by atoms with Crippen molar-refractivity contribution in [2.24, 2.45) is 0 Å². The van der Waals surface area contributed by atoms with Crippen LogP contribution in [0.2, 0.25) is 15.8 Å². The van der Waals surface area contributed by atoms with Gasteiger partial charge in [-0.2, -0.15) is 0 Å². The van der Waals surface area contributed by atoms with Crippen molar-refractivity contribution in [1.29, 1.82) is 0 Å². The van der Waals surface area contributed by atoms with Crippen LogP contribution in [0.25, 0.3) is 6.08 Å². The molecule has 124 valence electrons. The van der Waals surface area contributed by atoms with E-state index >= 15 is 0 Å². The number of rotatable bonds is 12. The van der Waals surface area contributed by atoms with Crippen molar-refractivity contribution in [2.45, 2.75) is 80.3 Å². The molecule has 1 heteroatoms. The molecule has 0 saturated heterocycles. The van der Waals surface area contributed by atoms with Gasteiger partial charge in [0.05, 0.1) is 0 Å². The molecule has 0 amide bonds. The fourth-order valence-electron chi connectivity index (χ4n) is 3.50. The van der Waals surface area contributed by atoms with Crippen molar-refractivity contribution < 1.29 is 0 Å². The fourth-order valence-corrected chi connectivity index (χ4v) is 15.4. The second-order valence-corrected chi connectivity index (χ2v) is 17.1. The van der Waals surface area contributed by atoms with Crippen LogP contribution in [0.3, 0.4) is 0 Å². The summed E-state index contributed by atoms with van der Waals surface area (Å²) in [6.45, 7) is 10.9. The van der Waals surface area contributed by atoms with Gasteiger partial charge in [-0.1, -0.05) is 0 Å². The maximum atomic E-state index is 3.87. The van der Waals surface area contributed by atoms with E-state index in [2.05, 4.69) is 51.6 Å². The molecule has 0 N–H and O–H groups in total. The van der Waals surface area contributed by atoms with Gasteiger partial charge in [0.25, 0.3) is 0 Å². The number of benzene rings is 1. The van der Waals surface area contributed by atoms with Gasteiger partial charge >= 0.3 is 142 Å². The van der Waals surface area contributed by atoms with Crippen molar-refractivity contribution in [1.82, 2.24) is 0 Å². The zero-order valence-electron chi connectivity index (χ0n) is 15.2. The average Bonchev–Trinajstić information content (AvgIpc) is 2.56. The Morgan fingerprint density at radius 1 is 0.818 bits per heavy atom. The van der Waals surface area contributed by atoms with E-state index in [1.54, 1.807) is 21.3 Å². The first kappa shape index (κ1) is 19.5. The van der Waals surface area contributed by atoms with E-state index < -0.39 is 13.3 Å². The third kappa shape index (κ3) is 6.73. The second-order valence-electron chi connectivity index (χ2n) is 6.93. The van der Waals surface area contributed by atoms with E-state index in [9.17, 15) is 0 Å². The quantitative estimate of drug-likeness (QED) is 0.344. The number of hydrogen-bond acceptors (Lipinski definition) is 0. The first-order valence-corrected chi connectivity index (χ1v) is 15.3. The Morgan fingerprint density at radius 3 is 1.64 bits per heavy atom. The molecule has 0 atom stereocenters. The maximum absolute atomic E-state index is 3.87. The summed E-state index contributed by atoms with van der Waals surface area (Å²) >= 11 is -1.74. The van der Waals surface area contributed by atoms with Crippen molar-refractivity contribution in [2.75, 3.05) is 0 Å². The van der Waals surface area contributed by atoms with Gasteiger partial charge in [-0.25, -0.2) is 0 Å². The molecule has 0 unspecified atom stereocenters. The first-order chi connectivity index (χ1) is 10.7. The van der Waals surface area contributed by atoms with Gasteiger partial charge < -0.3 is 0 Å². The zero-order valence-corrected chi connectivity index (χ0v) is 17.3. The van der Waals surface area contributed by atoms with Crippen molar-refractivity contribution in [3.05, 3.63) is 42.0 Å². The first-order valence-electron chi connectivity index (χ1n) is 9.41. The van der Waals surface area contributed by atoms with Crippen molar-refractivity contribution >= 4 is 19.3 Å². The summed E-state index contributed by atoms with van der Waals surface area (Å²) in [5.41, 5.74) is 2.84. The van der Waals surface area contributed by atoms with E-state index in [0.29, 0.717) is 0 Å². The molecule has 0 bridgehead atoms. The molecule has 0 fully saturated rings. The summed E-state index contributed by atoms with van der Waals surface area (Å²) in [5, 5.41) is 6.19. The second kappa shape index (κ2) is 11.1. The molecule has 0 radical (unpaired) electrons. The summed E-state index contributed by atoms with van der Waals surface area (Å²) < 4.78 is 0. The molecule has 1 aromatic carbocycles. The van der Waals surface area contributed by atoms with Crippen LogP contribution < -0.4 is 0 Å². The van der Waals surface area contributed by atoms with E-state index in [4.69, 9.17) is 0 Å². The van der Waals surface area contributed by atoms with Crippen LogP contribution >= 0.6 is 0 Å². The molecule has 1 aromatic rings. The van der Waals surface area contributed by atoms with Crippen LogP contribution in [0, 0.1) is 0 Å². The Bertz CT molecular complexity index is 383. The summed E-state index contributed by atoms with van der Waals surface area (Å²) in [6.07, 6.45) is 10.4. The monoisotopic (exact) mass is 362 g/mol. The normalized spacial score (nSPS) is 11.6. The van der Waals surface area contributed by atoms with Gasteiger partial charge in [0, 0.05) is 0 Å². The van der Waals surface area contributed by atoms with Crippen molar-refractivity contribution in [3.63, 3.8) is 0 Å². The van der Waals surface area contributed by atoms with Crippen LogP contribution in [-0.4, -0.2) is 13.3 Å². The van der Waals surface area contributed by atoms with Gasteiger partial charge in [0.1, 0.15) is 0 Å². The topological polar surface area (TPSA) is 0 Å². The Kier molecular flexibility index (Phi) is 9.87. The molecule has 0 aliphatic heterocycles. The van der Waals surface area contributed by atoms with Crippen LogP contribution in [-0.2, 0) is 5.25 Å². The standard InChI is InChI=1S/C21H36Ge/c1-5-9-16-22(17-10-6-2,18-11-7-3)19-21-14-12-20(8-4)13-15-21/h8,12-15H,4-7,9-11,16-19H2,1-3H3. The fraction of sp³-hybridized carbons (Fsp3) is 0.619. The predicted molar refractivity (Wildman–Crippen MR) is 105 cm³/mol. The van der Waals surface area contributed by atoms with E-state index in [1.165, 1.54) is 49.3 Å². The van der Waals surface area contributed by atoms with Gasteiger partial charge in [0.2, 0.25) is 0 Å². The van der Waals surface area contributed by atoms with E-state index in [0.717, 1.165) is 0 Å².